The van der Waals surface area contributed by atoms with Crippen LogP contribution in [0.25, 0.3) is 0 Å². The first-order chi connectivity index (χ1) is 4.54. The zero-order valence-corrected chi connectivity index (χ0v) is 7.89. The van der Waals surface area contributed by atoms with E-state index < -0.39 is 8.89 Å². The van der Waals surface area contributed by atoms with Gasteiger partial charge in [0.05, 0.1) is 0 Å². The molecule has 0 heterocycles. The molecule has 5 heteroatoms. The Bertz CT molecular complexity index is 146. The Morgan fingerprint density at radius 3 is 2.70 bits per heavy atom. The predicted octanol–water partition coefficient (Wildman–Crippen LogP) is -0.417. The molecule has 0 bridgehead atoms. The van der Waals surface area contributed by atoms with Crippen molar-refractivity contribution in [3.05, 3.63) is 0 Å². The van der Waals surface area contributed by atoms with E-state index in [9.17, 15) is 14.0 Å². The summed E-state index contributed by atoms with van der Waals surface area (Å²) in [4.78, 5) is 20.4. The van der Waals surface area contributed by atoms with Crippen LogP contribution in [0.15, 0.2) is 0 Å². The number of rotatable bonds is 3. The van der Waals surface area contributed by atoms with E-state index in [4.69, 9.17) is 0 Å². The Hall–Kier alpha value is 0.0700. The van der Waals surface area contributed by atoms with Crippen molar-refractivity contribution in [2.45, 2.75) is 9.84 Å². The van der Waals surface area contributed by atoms with Crippen LogP contribution in [0, 0.1) is 0 Å². The first-order valence-electron chi connectivity index (χ1n) is 2.87. The summed E-state index contributed by atoms with van der Waals surface area (Å²) in [5.74, 6) is -1.07. The van der Waals surface area contributed by atoms with Crippen LogP contribution in [0.1, 0.15) is 6.92 Å². The Balaban J connectivity index is 4.04. The van der Waals surface area contributed by atoms with E-state index >= 15 is 0 Å². The third kappa shape index (κ3) is 2.77. The SMILES string of the molecule is CCOC(=O)[C](F)([Na])C=O. The number of hydrogen-bond acceptors (Lipinski definition) is 3. The van der Waals surface area contributed by atoms with Crippen LogP contribution in [0.5, 0.6) is 0 Å². The molecule has 0 saturated carbocycles. The van der Waals surface area contributed by atoms with E-state index in [1.165, 1.54) is 0 Å². The molecule has 0 radical (unpaired) electrons. The molecule has 0 aromatic carbocycles. The van der Waals surface area contributed by atoms with Gasteiger partial charge in [-0.1, -0.05) is 0 Å². The molecule has 0 aliphatic heterocycles. The molecule has 0 fully saturated rings. The number of hydrogen-bond donors (Lipinski definition) is 0. The summed E-state index contributed by atoms with van der Waals surface area (Å²) in [6.07, 6.45) is -0.0167. The number of aldehydes is 1. The van der Waals surface area contributed by atoms with Crippen LogP contribution in [0.3, 0.4) is 0 Å². The molecule has 0 aromatic rings. The van der Waals surface area contributed by atoms with Crippen LogP contribution in [0.2, 0.25) is 0 Å². The van der Waals surface area contributed by atoms with Gasteiger partial charge in [-0.25, -0.2) is 0 Å². The number of ether oxygens (including phenoxy) is 1. The molecule has 0 rings (SSSR count). The van der Waals surface area contributed by atoms with E-state index in [-0.39, 0.29) is 40.8 Å². The minimum atomic E-state index is -2.35. The molecule has 0 N–H and O–H groups in total. The summed E-state index contributed by atoms with van der Waals surface area (Å²) >= 11 is -0.162. The van der Waals surface area contributed by atoms with Gasteiger partial charge in [-0.05, 0) is 0 Å². The summed E-state index contributed by atoms with van der Waals surface area (Å²) in [5, 5.41) is 0. The number of carbonyl (C=O) groups excluding carboxylic acids is 2. The Morgan fingerprint density at radius 1 is 1.90 bits per heavy atom. The van der Waals surface area contributed by atoms with Gasteiger partial charge in [0.1, 0.15) is 0 Å². The minimum absolute atomic E-state index is 0.0167. The van der Waals surface area contributed by atoms with Crippen LogP contribution in [-0.4, -0.2) is 49.7 Å². The number of carbonyl (C=O) groups is 2. The third-order valence-electron chi connectivity index (χ3n) is 0.896. The summed E-state index contributed by atoms with van der Waals surface area (Å²) in [7, 11) is 0. The first kappa shape index (κ1) is 10.1. The van der Waals surface area contributed by atoms with Gasteiger partial charge < -0.3 is 0 Å². The quantitative estimate of drug-likeness (QED) is 0.241. The average molecular weight is 156 g/mol. The Kier molecular flexibility index (Phi) is 4.08. The molecule has 3 nitrogen and oxygen atoms in total. The Morgan fingerprint density at radius 2 is 2.40 bits per heavy atom. The summed E-state index contributed by atoms with van der Waals surface area (Å²) in [6, 6.07) is 0. The molecule has 52 valence electrons. The molecule has 0 aromatic heterocycles. The zero-order chi connectivity index (χ0) is 8.20. The van der Waals surface area contributed by atoms with Crippen molar-refractivity contribution < 1.29 is 18.7 Å². The molecule has 0 aliphatic rings. The van der Waals surface area contributed by atoms with Gasteiger partial charge in [-0.2, -0.15) is 0 Å². The molecule has 0 aliphatic carbocycles. The predicted molar refractivity (Wildman–Crippen MR) is 32.3 cm³/mol. The second kappa shape index (κ2) is 4.05. The van der Waals surface area contributed by atoms with E-state index in [2.05, 4.69) is 4.74 Å². The molecular weight excluding hydrogens is 150 g/mol. The molecular formula is C5H6FNaO3. The van der Waals surface area contributed by atoms with Crippen LogP contribution < -0.4 is 0 Å². The molecule has 10 heavy (non-hydrogen) atoms. The van der Waals surface area contributed by atoms with E-state index in [0.29, 0.717) is 0 Å². The van der Waals surface area contributed by atoms with Crippen molar-refractivity contribution in [2.24, 2.45) is 0 Å². The van der Waals surface area contributed by atoms with E-state index in [1.54, 1.807) is 6.92 Å². The average Bonchev–Trinajstić information content (AvgIpc) is 1.89. The number of esters is 1. The fourth-order valence-electron chi connectivity index (χ4n) is 0.320. The van der Waals surface area contributed by atoms with Gasteiger partial charge in [0, 0.05) is 0 Å². The zero-order valence-electron chi connectivity index (χ0n) is 5.89. The number of alkyl halides is 1. The van der Waals surface area contributed by atoms with Gasteiger partial charge in [0.25, 0.3) is 0 Å². The van der Waals surface area contributed by atoms with Crippen molar-refractivity contribution in [3.8, 4) is 0 Å². The monoisotopic (exact) mass is 156 g/mol. The van der Waals surface area contributed by atoms with Crippen LogP contribution in [0.4, 0.5) is 4.39 Å². The number of halogens is 1. The van der Waals surface area contributed by atoms with Crippen molar-refractivity contribution in [3.63, 3.8) is 0 Å². The third-order valence-corrected chi connectivity index (χ3v) is 1.54. The fraction of sp³-hybridized carbons (Fsp3) is 0.600. The molecule has 1 atom stereocenters. The van der Waals surface area contributed by atoms with Gasteiger partial charge in [0.2, 0.25) is 0 Å². The standard InChI is InChI=1S/C5H6FO3.Na/c1-2-9-5(8)4(6)3-7;/h3H,2H2,1H3;. The van der Waals surface area contributed by atoms with Crippen LogP contribution in [-0.2, 0) is 14.3 Å². The molecule has 0 spiro atoms. The van der Waals surface area contributed by atoms with Crippen LogP contribution >= 0.6 is 0 Å². The van der Waals surface area contributed by atoms with E-state index in [0.717, 1.165) is 0 Å². The van der Waals surface area contributed by atoms with Crippen molar-refractivity contribution in [1.82, 2.24) is 0 Å². The second-order valence-electron chi connectivity index (χ2n) is 1.91. The van der Waals surface area contributed by atoms with Gasteiger partial charge in [-0.15, -0.1) is 0 Å². The topological polar surface area (TPSA) is 43.4 Å². The fourth-order valence-corrected chi connectivity index (χ4v) is 0.465. The summed E-state index contributed by atoms with van der Waals surface area (Å²) in [5.41, 5.74) is 0. The Labute approximate surface area is 75.3 Å². The maximum atomic E-state index is 12.6. The summed E-state index contributed by atoms with van der Waals surface area (Å²) < 4.78 is 14.6. The normalized spacial score (nSPS) is 15.6. The molecule has 1 unspecified atom stereocenters. The molecule has 0 saturated heterocycles. The second-order valence-corrected chi connectivity index (χ2v) is 3.37. The van der Waals surface area contributed by atoms with E-state index in [1.807, 2.05) is 0 Å². The van der Waals surface area contributed by atoms with Crippen molar-refractivity contribution in [1.29, 1.82) is 0 Å². The summed E-state index contributed by atoms with van der Waals surface area (Å²) in [6.45, 7) is 1.65. The van der Waals surface area contributed by atoms with Gasteiger partial charge in [0.15, 0.2) is 0 Å². The van der Waals surface area contributed by atoms with Crippen molar-refractivity contribution >= 4 is 40.2 Å². The first-order valence-corrected chi connectivity index (χ1v) is 3.87. The maximum absolute atomic E-state index is 12.6. The van der Waals surface area contributed by atoms with Crippen molar-refractivity contribution in [2.75, 3.05) is 6.61 Å². The van der Waals surface area contributed by atoms with Gasteiger partial charge in [-0.3, -0.25) is 0 Å². The van der Waals surface area contributed by atoms with Gasteiger partial charge >= 0.3 is 75.4 Å². The molecule has 0 amide bonds.